The molecule has 3 rings (SSSR count). The molecule has 6 unspecified atom stereocenters. The van der Waals surface area contributed by atoms with E-state index in [1.165, 1.54) is 6.92 Å². The topological polar surface area (TPSA) is 198 Å². The number of hydrogen-bond donors (Lipinski definition) is 4. The summed E-state index contributed by atoms with van der Waals surface area (Å²) in [5.41, 5.74) is -0.491. The molecule has 1 aliphatic rings. The van der Waals surface area contributed by atoms with Crippen molar-refractivity contribution in [2.24, 2.45) is 10.8 Å². The fourth-order valence-corrected chi connectivity index (χ4v) is 8.00. The van der Waals surface area contributed by atoms with Gasteiger partial charge in [-0.3, -0.25) is 28.8 Å². The van der Waals surface area contributed by atoms with Crippen molar-refractivity contribution in [2.45, 2.75) is 111 Å². The van der Waals surface area contributed by atoms with Gasteiger partial charge in [-0.1, -0.05) is 56.0 Å². The quantitative estimate of drug-likeness (QED) is 0.0239. The van der Waals surface area contributed by atoms with Gasteiger partial charge in [-0.25, -0.2) is 0 Å². The standard InChI is InChI=1S/C48H70N4O11/c1-10-47(6,45(59)62-32-40(55)30-52(8,9)24-16-22-49-44(58)33(2)3)27-41(63-35(5)53)28-48(7,26-34(4)51-23-15-21-42(51)56)46(60)61-31-39(54)29-50-38-20-14-19-37(25-38)43(57)36-17-12-11-13-18-36/h11-14,17-20,25,34,39-41,50,54-55H,2,10,15-16,21-24,26-32H2,1,3-9H3/p+1. The van der Waals surface area contributed by atoms with Crippen LogP contribution in [0.3, 0.4) is 0 Å². The highest BCUT2D eigenvalue weighted by atomic mass is 16.6. The van der Waals surface area contributed by atoms with Crippen LogP contribution >= 0.6 is 0 Å². The number of anilines is 1. The molecule has 15 nitrogen and oxygen atoms in total. The first-order valence-corrected chi connectivity index (χ1v) is 21.9. The van der Waals surface area contributed by atoms with Crippen LogP contribution in [0.25, 0.3) is 0 Å². The molecule has 63 heavy (non-hydrogen) atoms. The highest BCUT2D eigenvalue weighted by molar-refractivity contribution is 6.09. The number of amides is 2. The van der Waals surface area contributed by atoms with Gasteiger partial charge in [-0.15, -0.1) is 0 Å². The van der Waals surface area contributed by atoms with Gasteiger partial charge in [0.15, 0.2) is 5.78 Å². The molecule has 0 spiro atoms. The number of carbonyl (C=O) groups is 6. The lowest BCUT2D eigenvalue weighted by molar-refractivity contribution is -0.893. The summed E-state index contributed by atoms with van der Waals surface area (Å²) < 4.78 is 17.7. The van der Waals surface area contributed by atoms with Crippen LogP contribution in [0.4, 0.5) is 5.69 Å². The number of quaternary nitrogens is 1. The first-order chi connectivity index (χ1) is 29.6. The first-order valence-electron chi connectivity index (χ1n) is 21.9. The van der Waals surface area contributed by atoms with Crippen molar-refractivity contribution in [1.82, 2.24) is 10.2 Å². The van der Waals surface area contributed by atoms with Gasteiger partial charge in [0, 0.05) is 80.7 Å². The number of hydrogen-bond acceptors (Lipinski definition) is 12. The number of aliphatic hydroxyl groups is 2. The average Bonchev–Trinajstić information content (AvgIpc) is 3.67. The minimum Gasteiger partial charge on any atom is -0.462 e. The van der Waals surface area contributed by atoms with E-state index in [1.54, 1.807) is 81.1 Å². The predicted octanol–water partition coefficient (Wildman–Crippen LogP) is 4.83. The van der Waals surface area contributed by atoms with Crippen LogP contribution in [0.15, 0.2) is 66.7 Å². The number of aliphatic hydroxyl groups excluding tert-OH is 2. The van der Waals surface area contributed by atoms with Crippen molar-refractivity contribution in [3.05, 3.63) is 77.9 Å². The number of nitrogens with one attached hydrogen (secondary N) is 2. The van der Waals surface area contributed by atoms with Crippen molar-refractivity contribution in [1.29, 1.82) is 0 Å². The van der Waals surface area contributed by atoms with E-state index in [9.17, 15) is 39.0 Å². The van der Waals surface area contributed by atoms with Gasteiger partial charge >= 0.3 is 17.9 Å². The molecule has 1 saturated heterocycles. The van der Waals surface area contributed by atoms with E-state index in [0.717, 1.165) is 0 Å². The smallest absolute Gasteiger partial charge is 0.312 e. The molecule has 4 N–H and O–H groups in total. The Morgan fingerprint density at radius 3 is 2.11 bits per heavy atom. The zero-order valence-electron chi connectivity index (χ0n) is 38.6. The van der Waals surface area contributed by atoms with Crippen LogP contribution in [0, 0.1) is 10.8 Å². The minimum absolute atomic E-state index is 0.000603. The molecule has 1 aliphatic heterocycles. The number of likely N-dealkylation sites (tertiary alicyclic amines) is 1. The summed E-state index contributed by atoms with van der Waals surface area (Å²) in [6, 6.07) is 15.4. The van der Waals surface area contributed by atoms with Gasteiger partial charge in [-0.05, 0) is 59.1 Å². The summed E-state index contributed by atoms with van der Waals surface area (Å²) in [6.07, 6.45) is -0.931. The molecule has 0 bridgehead atoms. The monoisotopic (exact) mass is 880 g/mol. The summed E-state index contributed by atoms with van der Waals surface area (Å²) in [4.78, 5) is 79.7. The van der Waals surface area contributed by atoms with E-state index in [4.69, 9.17) is 14.2 Å². The molecule has 0 aromatic heterocycles. The SMILES string of the molecule is C=C(C)C(=O)NCCC[N+](C)(C)CC(O)COC(=O)C(C)(CC)CC(CC(C)(CC(C)N1CCCC1=O)C(=O)OCC(O)CNc1cccc(C(=O)c2ccccc2)c1)OC(C)=O. The van der Waals surface area contributed by atoms with Crippen LogP contribution in [0.1, 0.15) is 102 Å². The maximum absolute atomic E-state index is 14.2. The van der Waals surface area contributed by atoms with Crippen molar-refractivity contribution < 1.29 is 57.7 Å². The second kappa shape index (κ2) is 24.1. The summed E-state index contributed by atoms with van der Waals surface area (Å²) in [5, 5.41) is 27.7. The van der Waals surface area contributed by atoms with Crippen molar-refractivity contribution in [3.8, 4) is 0 Å². The van der Waals surface area contributed by atoms with Crippen LogP contribution in [0.2, 0.25) is 0 Å². The van der Waals surface area contributed by atoms with E-state index in [0.29, 0.717) is 72.2 Å². The van der Waals surface area contributed by atoms with Gasteiger partial charge in [0.2, 0.25) is 11.8 Å². The van der Waals surface area contributed by atoms with Gasteiger partial charge < -0.3 is 44.4 Å². The van der Waals surface area contributed by atoms with Gasteiger partial charge in [0.25, 0.3) is 0 Å². The summed E-state index contributed by atoms with van der Waals surface area (Å²) in [6.45, 7) is 14.8. The van der Waals surface area contributed by atoms with Crippen LogP contribution in [-0.4, -0.2) is 139 Å². The third kappa shape index (κ3) is 16.8. The Kier molecular flexibility index (Phi) is 20.0. The fourth-order valence-electron chi connectivity index (χ4n) is 8.00. The Morgan fingerprint density at radius 2 is 1.51 bits per heavy atom. The maximum atomic E-state index is 14.2. The lowest BCUT2D eigenvalue weighted by Gasteiger charge is -2.38. The first kappa shape index (κ1) is 52.2. The molecule has 2 amide bonds. The van der Waals surface area contributed by atoms with E-state index < -0.39 is 47.0 Å². The molecule has 0 aliphatic carbocycles. The summed E-state index contributed by atoms with van der Waals surface area (Å²) in [7, 11) is 3.87. The highest BCUT2D eigenvalue weighted by Crippen LogP contribution is 2.39. The Bertz CT molecular complexity index is 1890. The molecule has 0 radical (unpaired) electrons. The fraction of sp³-hybridized carbons (Fsp3) is 0.583. The lowest BCUT2D eigenvalue weighted by atomic mass is 9.74. The van der Waals surface area contributed by atoms with E-state index in [-0.39, 0.29) is 69.2 Å². The molecular weight excluding hydrogens is 809 g/mol. The second-order valence-electron chi connectivity index (χ2n) is 18.3. The molecule has 0 saturated carbocycles. The number of esters is 3. The van der Waals surface area contributed by atoms with Gasteiger partial charge in [0.1, 0.15) is 38.1 Å². The number of likely N-dealkylation sites (N-methyl/N-ethyl adjacent to an activating group) is 1. The third-order valence-electron chi connectivity index (χ3n) is 11.7. The lowest BCUT2D eigenvalue weighted by Crippen LogP contribution is -2.48. The maximum Gasteiger partial charge on any atom is 0.312 e. The second-order valence-corrected chi connectivity index (χ2v) is 18.3. The van der Waals surface area contributed by atoms with Crippen molar-refractivity contribution in [3.63, 3.8) is 0 Å². The highest BCUT2D eigenvalue weighted by Gasteiger charge is 2.45. The van der Waals surface area contributed by atoms with Crippen molar-refractivity contribution in [2.75, 3.05) is 65.3 Å². The van der Waals surface area contributed by atoms with E-state index in [2.05, 4.69) is 17.2 Å². The summed E-state index contributed by atoms with van der Waals surface area (Å²) in [5.74, 6) is -2.27. The number of nitrogens with zero attached hydrogens (tertiary/aromatic N) is 2. The minimum atomic E-state index is -1.34. The third-order valence-corrected chi connectivity index (χ3v) is 11.7. The molecule has 1 heterocycles. The molecular formula is C48H71N4O11+. The Hall–Kier alpha value is -5.12. The average molecular weight is 880 g/mol. The molecule has 348 valence electrons. The van der Waals surface area contributed by atoms with Crippen LogP contribution < -0.4 is 10.6 Å². The zero-order valence-corrected chi connectivity index (χ0v) is 38.6. The van der Waals surface area contributed by atoms with Gasteiger partial charge in [-0.2, -0.15) is 0 Å². The summed E-state index contributed by atoms with van der Waals surface area (Å²) >= 11 is 0. The number of carbonyl (C=O) groups excluding carboxylic acids is 6. The van der Waals surface area contributed by atoms with Gasteiger partial charge in [0.05, 0.1) is 31.5 Å². The number of ketones is 1. The molecule has 15 heteroatoms. The Balaban J connectivity index is 1.69. The van der Waals surface area contributed by atoms with E-state index >= 15 is 0 Å². The van der Waals surface area contributed by atoms with Crippen molar-refractivity contribution >= 4 is 41.2 Å². The molecule has 1 fully saturated rings. The normalized spacial score (nSPS) is 16.7. The zero-order chi connectivity index (χ0) is 47.0. The van der Waals surface area contributed by atoms with Crippen LogP contribution in [0.5, 0.6) is 0 Å². The van der Waals surface area contributed by atoms with Crippen LogP contribution in [-0.2, 0) is 38.2 Å². The molecule has 6 atom stereocenters. The Labute approximate surface area is 373 Å². The predicted molar refractivity (Wildman–Crippen MR) is 239 cm³/mol. The number of ether oxygens (including phenoxy) is 3. The van der Waals surface area contributed by atoms with E-state index in [1.807, 2.05) is 27.1 Å². The number of benzene rings is 2. The molecule has 2 aromatic carbocycles. The molecule has 2 aromatic rings. The number of rotatable bonds is 27. The largest absolute Gasteiger partial charge is 0.462 e. The Morgan fingerprint density at radius 1 is 0.889 bits per heavy atom.